The van der Waals surface area contributed by atoms with Gasteiger partial charge in [0.05, 0.1) is 12.5 Å². The molecule has 2 amide bonds. The zero-order valence-electron chi connectivity index (χ0n) is 16.1. The Bertz CT molecular complexity index is 1020. The molecule has 6 nitrogen and oxygen atoms in total. The van der Waals surface area contributed by atoms with Gasteiger partial charge in [0, 0.05) is 12.6 Å². The summed E-state index contributed by atoms with van der Waals surface area (Å²) in [5.41, 5.74) is 1.42. The Morgan fingerprint density at radius 1 is 0.897 bits per heavy atom. The van der Waals surface area contributed by atoms with Crippen LogP contribution in [0.5, 0.6) is 0 Å². The fraction of sp³-hybridized carbons (Fsp3) is 0.174. The van der Waals surface area contributed by atoms with E-state index in [1.165, 1.54) is 6.92 Å². The highest BCUT2D eigenvalue weighted by Gasteiger charge is 2.18. The van der Waals surface area contributed by atoms with Crippen LogP contribution in [0.2, 0.25) is 0 Å². The molecule has 6 heteroatoms. The molecule has 0 saturated heterocycles. The highest BCUT2D eigenvalue weighted by molar-refractivity contribution is 5.95. The van der Waals surface area contributed by atoms with E-state index in [2.05, 4.69) is 10.6 Å². The lowest BCUT2D eigenvalue weighted by Gasteiger charge is -2.17. The lowest BCUT2D eigenvalue weighted by Crippen LogP contribution is -2.29. The van der Waals surface area contributed by atoms with Crippen molar-refractivity contribution in [2.75, 3.05) is 11.9 Å². The maximum Gasteiger partial charge on any atom is 0.308 e. The number of carbonyl (C=O) groups excluding carboxylic acids is 3. The highest BCUT2D eigenvalue weighted by Crippen LogP contribution is 2.19. The number of amides is 2. The van der Waals surface area contributed by atoms with E-state index in [9.17, 15) is 14.4 Å². The van der Waals surface area contributed by atoms with Gasteiger partial charge in [-0.15, -0.1) is 0 Å². The third-order valence-corrected chi connectivity index (χ3v) is 4.35. The number of anilines is 1. The largest absolute Gasteiger partial charge is 0.455 e. The summed E-state index contributed by atoms with van der Waals surface area (Å²) in [6, 6.07) is 22.0. The maximum atomic E-state index is 12.2. The van der Waals surface area contributed by atoms with Gasteiger partial charge in [-0.25, -0.2) is 0 Å². The lowest BCUT2D eigenvalue weighted by atomic mass is 10.0. The van der Waals surface area contributed by atoms with E-state index in [1.54, 1.807) is 6.07 Å². The lowest BCUT2D eigenvalue weighted by molar-refractivity contribution is -0.148. The van der Waals surface area contributed by atoms with Gasteiger partial charge in [0.15, 0.2) is 6.61 Å². The number of benzene rings is 3. The van der Waals surface area contributed by atoms with E-state index >= 15 is 0 Å². The number of carbonyl (C=O) groups is 3. The summed E-state index contributed by atoms with van der Waals surface area (Å²) in [7, 11) is 0. The number of fused-ring (bicyclic) bond motifs is 1. The molecule has 29 heavy (non-hydrogen) atoms. The summed E-state index contributed by atoms with van der Waals surface area (Å²) in [5.74, 6) is -1.24. The number of rotatable bonds is 7. The molecule has 0 aromatic heterocycles. The molecule has 3 aromatic rings. The second-order valence-corrected chi connectivity index (χ2v) is 6.64. The molecule has 2 N–H and O–H groups in total. The summed E-state index contributed by atoms with van der Waals surface area (Å²) in [6.45, 7) is 0.992. The van der Waals surface area contributed by atoms with Gasteiger partial charge in [-0.05, 0) is 28.5 Å². The van der Waals surface area contributed by atoms with Gasteiger partial charge in [-0.3, -0.25) is 14.4 Å². The summed E-state index contributed by atoms with van der Waals surface area (Å²) in [4.78, 5) is 35.8. The molecular formula is C23H22N2O4. The van der Waals surface area contributed by atoms with Crippen molar-refractivity contribution in [2.45, 2.75) is 19.4 Å². The normalized spacial score (nSPS) is 11.5. The van der Waals surface area contributed by atoms with Gasteiger partial charge in [0.1, 0.15) is 0 Å². The minimum Gasteiger partial charge on any atom is -0.455 e. The molecule has 148 valence electrons. The molecule has 0 saturated carbocycles. The summed E-state index contributed by atoms with van der Waals surface area (Å²) in [5, 5.41) is 7.53. The minimum atomic E-state index is -0.568. The van der Waals surface area contributed by atoms with Crippen LogP contribution >= 0.6 is 0 Å². The van der Waals surface area contributed by atoms with Crippen LogP contribution in [0.1, 0.15) is 24.9 Å². The van der Waals surface area contributed by atoms with Crippen LogP contribution in [0, 0.1) is 0 Å². The fourth-order valence-corrected chi connectivity index (χ4v) is 3.02. The fourth-order valence-electron chi connectivity index (χ4n) is 3.02. The highest BCUT2D eigenvalue weighted by atomic mass is 16.5. The Morgan fingerprint density at radius 2 is 1.59 bits per heavy atom. The summed E-state index contributed by atoms with van der Waals surface area (Å²) in [6.07, 6.45) is -0.0627. The molecule has 0 aliphatic rings. The van der Waals surface area contributed by atoms with E-state index in [0.29, 0.717) is 5.69 Å². The van der Waals surface area contributed by atoms with E-state index in [1.807, 2.05) is 66.7 Å². The average Bonchev–Trinajstić information content (AvgIpc) is 2.72. The van der Waals surface area contributed by atoms with Gasteiger partial charge in [-0.1, -0.05) is 60.7 Å². The van der Waals surface area contributed by atoms with E-state index in [0.717, 1.165) is 16.3 Å². The molecule has 0 heterocycles. The first kappa shape index (κ1) is 20.1. The first-order valence-corrected chi connectivity index (χ1v) is 9.27. The average molecular weight is 390 g/mol. The SMILES string of the molecule is CC(=O)N[C@@H](CC(=O)OCC(=O)Nc1ccc2ccccc2c1)c1ccccc1. The third kappa shape index (κ3) is 5.90. The van der Waals surface area contributed by atoms with Gasteiger partial charge >= 0.3 is 5.97 Å². The van der Waals surface area contributed by atoms with Crippen molar-refractivity contribution in [2.24, 2.45) is 0 Å². The predicted octanol–water partition coefficient (Wildman–Crippen LogP) is 3.59. The molecule has 0 aliphatic carbocycles. The van der Waals surface area contributed by atoms with Crippen molar-refractivity contribution in [1.29, 1.82) is 0 Å². The monoisotopic (exact) mass is 390 g/mol. The van der Waals surface area contributed by atoms with Crippen molar-refractivity contribution in [3.05, 3.63) is 78.4 Å². The van der Waals surface area contributed by atoms with E-state index in [-0.39, 0.29) is 12.3 Å². The van der Waals surface area contributed by atoms with Gasteiger partial charge in [-0.2, -0.15) is 0 Å². The van der Waals surface area contributed by atoms with Crippen LogP contribution in [-0.2, 0) is 19.1 Å². The molecule has 0 spiro atoms. The van der Waals surface area contributed by atoms with Crippen LogP contribution in [-0.4, -0.2) is 24.4 Å². The first-order valence-electron chi connectivity index (χ1n) is 9.27. The molecule has 3 rings (SSSR count). The molecule has 3 aromatic carbocycles. The number of hydrogen-bond donors (Lipinski definition) is 2. The first-order chi connectivity index (χ1) is 14.0. The number of esters is 1. The standard InChI is InChI=1S/C23H22N2O4/c1-16(26)24-21(18-8-3-2-4-9-18)14-23(28)29-15-22(27)25-20-12-11-17-7-5-6-10-19(17)13-20/h2-13,21H,14-15H2,1H3,(H,24,26)(H,25,27)/t21-/m0/s1. The molecule has 0 unspecified atom stereocenters. The van der Waals surface area contributed by atoms with Crippen LogP contribution in [0.4, 0.5) is 5.69 Å². The smallest absolute Gasteiger partial charge is 0.308 e. The van der Waals surface area contributed by atoms with Gasteiger partial charge < -0.3 is 15.4 Å². The Morgan fingerprint density at radius 3 is 2.31 bits per heavy atom. The van der Waals surface area contributed by atoms with Crippen LogP contribution in [0.3, 0.4) is 0 Å². The second-order valence-electron chi connectivity index (χ2n) is 6.64. The van der Waals surface area contributed by atoms with Crippen molar-refractivity contribution >= 4 is 34.2 Å². The Labute approximate surface area is 168 Å². The Balaban J connectivity index is 1.54. The number of hydrogen-bond acceptors (Lipinski definition) is 4. The Kier molecular flexibility index (Phi) is 6.58. The predicted molar refractivity (Wildman–Crippen MR) is 111 cm³/mol. The number of nitrogens with one attached hydrogen (secondary N) is 2. The van der Waals surface area contributed by atoms with Gasteiger partial charge in [0.25, 0.3) is 5.91 Å². The summed E-state index contributed by atoms with van der Waals surface area (Å²) < 4.78 is 5.09. The zero-order chi connectivity index (χ0) is 20.6. The maximum absolute atomic E-state index is 12.2. The minimum absolute atomic E-state index is 0.0627. The zero-order valence-corrected chi connectivity index (χ0v) is 16.1. The van der Waals surface area contributed by atoms with Crippen molar-refractivity contribution < 1.29 is 19.1 Å². The molecule has 0 aliphatic heterocycles. The van der Waals surface area contributed by atoms with Crippen LogP contribution in [0.25, 0.3) is 10.8 Å². The number of ether oxygens (including phenoxy) is 1. The van der Waals surface area contributed by atoms with E-state index < -0.39 is 24.5 Å². The van der Waals surface area contributed by atoms with Crippen molar-refractivity contribution in [3.63, 3.8) is 0 Å². The topological polar surface area (TPSA) is 84.5 Å². The molecule has 0 bridgehead atoms. The van der Waals surface area contributed by atoms with Crippen molar-refractivity contribution in [3.8, 4) is 0 Å². The van der Waals surface area contributed by atoms with Crippen LogP contribution < -0.4 is 10.6 Å². The molecular weight excluding hydrogens is 368 g/mol. The van der Waals surface area contributed by atoms with E-state index in [4.69, 9.17) is 4.74 Å². The third-order valence-electron chi connectivity index (χ3n) is 4.35. The summed E-state index contributed by atoms with van der Waals surface area (Å²) >= 11 is 0. The quantitative estimate of drug-likeness (QED) is 0.604. The molecule has 1 atom stereocenters. The van der Waals surface area contributed by atoms with Gasteiger partial charge in [0.2, 0.25) is 5.91 Å². The molecule has 0 radical (unpaired) electrons. The van der Waals surface area contributed by atoms with Crippen LogP contribution in [0.15, 0.2) is 72.8 Å². The second kappa shape index (κ2) is 9.50. The van der Waals surface area contributed by atoms with Crippen molar-refractivity contribution in [1.82, 2.24) is 5.32 Å². The Hall–Kier alpha value is -3.67. The molecule has 0 fully saturated rings.